The summed E-state index contributed by atoms with van der Waals surface area (Å²) in [7, 11) is 0. The Morgan fingerprint density at radius 1 is 0.931 bits per heavy atom. The lowest BCUT2D eigenvalue weighted by Crippen LogP contribution is -2.30. The Morgan fingerprint density at radius 2 is 1.79 bits per heavy atom. The van der Waals surface area contributed by atoms with Crippen molar-refractivity contribution in [3.05, 3.63) is 42.9 Å². The van der Waals surface area contributed by atoms with Gasteiger partial charge in [-0.15, -0.1) is 0 Å². The molecular formula is C22H26N6O. The van der Waals surface area contributed by atoms with Crippen molar-refractivity contribution >= 4 is 0 Å². The monoisotopic (exact) mass is 390 g/mol. The molecule has 5 rings (SSSR count). The molecule has 4 heterocycles. The molecule has 7 heteroatoms. The first-order valence-electron chi connectivity index (χ1n) is 10.7. The van der Waals surface area contributed by atoms with Crippen molar-refractivity contribution in [3.63, 3.8) is 0 Å². The third kappa shape index (κ3) is 4.05. The van der Waals surface area contributed by atoms with Crippen LogP contribution in [0.4, 0.5) is 0 Å². The predicted octanol–water partition coefficient (Wildman–Crippen LogP) is 4.31. The molecule has 1 saturated heterocycles. The van der Waals surface area contributed by atoms with Crippen LogP contribution in [0.25, 0.3) is 22.6 Å². The summed E-state index contributed by atoms with van der Waals surface area (Å²) in [6, 6.07) is 4.17. The Hall–Kier alpha value is -2.67. The molecule has 1 unspecified atom stereocenters. The molecule has 0 bridgehead atoms. The van der Waals surface area contributed by atoms with Crippen molar-refractivity contribution in [2.75, 3.05) is 13.1 Å². The van der Waals surface area contributed by atoms with E-state index in [2.05, 4.69) is 25.0 Å². The Labute approximate surface area is 170 Å². The summed E-state index contributed by atoms with van der Waals surface area (Å²) < 4.78 is 5.69. The maximum absolute atomic E-state index is 5.69. The molecule has 2 aliphatic rings. The highest BCUT2D eigenvalue weighted by molar-refractivity contribution is 5.61. The van der Waals surface area contributed by atoms with E-state index in [4.69, 9.17) is 9.51 Å². The molecule has 0 amide bonds. The fraction of sp³-hybridized carbons (Fsp3) is 0.500. The average molecular weight is 390 g/mol. The Bertz CT molecular complexity index is 920. The van der Waals surface area contributed by atoms with Gasteiger partial charge in [-0.3, -0.25) is 9.88 Å². The van der Waals surface area contributed by atoms with Gasteiger partial charge >= 0.3 is 0 Å². The van der Waals surface area contributed by atoms with Gasteiger partial charge in [-0.25, -0.2) is 9.97 Å². The summed E-state index contributed by atoms with van der Waals surface area (Å²) in [6.07, 6.45) is 16.0. The fourth-order valence-corrected chi connectivity index (χ4v) is 4.64. The summed E-state index contributed by atoms with van der Waals surface area (Å²) in [5, 5.41) is 4.24. The highest BCUT2D eigenvalue weighted by Crippen LogP contribution is 2.35. The van der Waals surface area contributed by atoms with Crippen molar-refractivity contribution in [2.45, 2.75) is 51.0 Å². The van der Waals surface area contributed by atoms with Crippen LogP contribution in [0, 0.1) is 5.92 Å². The van der Waals surface area contributed by atoms with E-state index < -0.39 is 0 Å². The first kappa shape index (κ1) is 18.4. The number of hydrogen-bond acceptors (Lipinski definition) is 7. The molecule has 3 aromatic heterocycles. The molecule has 0 N–H and O–H groups in total. The molecular weight excluding hydrogens is 364 g/mol. The molecule has 150 valence electrons. The van der Waals surface area contributed by atoms with E-state index in [0.29, 0.717) is 5.82 Å². The first-order chi connectivity index (χ1) is 14.4. The van der Waals surface area contributed by atoms with Gasteiger partial charge in [0.2, 0.25) is 11.7 Å². The van der Waals surface area contributed by atoms with Crippen LogP contribution in [-0.4, -0.2) is 43.1 Å². The number of nitrogens with zero attached hydrogens (tertiary/aromatic N) is 6. The zero-order valence-electron chi connectivity index (χ0n) is 16.6. The molecule has 0 radical (unpaired) electrons. The van der Waals surface area contributed by atoms with Crippen molar-refractivity contribution in [2.24, 2.45) is 5.92 Å². The first-order valence-corrected chi connectivity index (χ1v) is 10.7. The quantitative estimate of drug-likeness (QED) is 0.642. The van der Waals surface area contributed by atoms with E-state index in [0.717, 1.165) is 48.1 Å². The van der Waals surface area contributed by atoms with E-state index >= 15 is 0 Å². The van der Waals surface area contributed by atoms with Gasteiger partial charge in [-0.05, 0) is 50.3 Å². The molecule has 7 nitrogen and oxygen atoms in total. The van der Waals surface area contributed by atoms with Crippen LogP contribution in [0.2, 0.25) is 0 Å². The van der Waals surface area contributed by atoms with E-state index in [-0.39, 0.29) is 6.04 Å². The largest absolute Gasteiger partial charge is 0.337 e. The van der Waals surface area contributed by atoms with Crippen LogP contribution in [0.1, 0.15) is 56.9 Å². The second-order valence-electron chi connectivity index (χ2n) is 8.17. The van der Waals surface area contributed by atoms with Crippen molar-refractivity contribution in [1.82, 2.24) is 30.0 Å². The SMILES string of the molecule is c1ncc(-c2ccc(-c3noc(C4CCCN4CC4CCCCC4)n3)cn2)cn1. The molecule has 1 atom stereocenters. The Balaban J connectivity index is 1.29. The lowest BCUT2D eigenvalue weighted by molar-refractivity contribution is 0.163. The average Bonchev–Trinajstić information content (AvgIpc) is 3.45. The van der Waals surface area contributed by atoms with Gasteiger partial charge in [-0.1, -0.05) is 24.4 Å². The maximum Gasteiger partial charge on any atom is 0.244 e. The minimum atomic E-state index is 0.256. The second kappa shape index (κ2) is 8.37. The molecule has 0 spiro atoms. The zero-order valence-corrected chi connectivity index (χ0v) is 16.6. The number of hydrogen-bond donors (Lipinski definition) is 0. The van der Waals surface area contributed by atoms with Gasteiger partial charge in [0.05, 0.1) is 11.7 Å². The van der Waals surface area contributed by atoms with Gasteiger partial charge < -0.3 is 4.52 Å². The van der Waals surface area contributed by atoms with E-state index in [1.807, 2.05) is 12.1 Å². The van der Waals surface area contributed by atoms with Gasteiger partial charge in [0.1, 0.15) is 6.33 Å². The third-order valence-electron chi connectivity index (χ3n) is 6.19. The van der Waals surface area contributed by atoms with Crippen molar-refractivity contribution < 1.29 is 4.52 Å². The summed E-state index contributed by atoms with van der Waals surface area (Å²) in [6.45, 7) is 2.30. The lowest BCUT2D eigenvalue weighted by Gasteiger charge is -2.29. The predicted molar refractivity (Wildman–Crippen MR) is 109 cm³/mol. The maximum atomic E-state index is 5.69. The zero-order chi connectivity index (χ0) is 19.5. The minimum Gasteiger partial charge on any atom is -0.337 e. The van der Waals surface area contributed by atoms with Crippen LogP contribution < -0.4 is 0 Å². The molecule has 3 aromatic rings. The van der Waals surface area contributed by atoms with E-state index in [1.165, 1.54) is 44.9 Å². The third-order valence-corrected chi connectivity index (χ3v) is 6.19. The van der Waals surface area contributed by atoms with Gasteiger partial charge in [0.25, 0.3) is 0 Å². The van der Waals surface area contributed by atoms with Crippen LogP contribution >= 0.6 is 0 Å². The Morgan fingerprint density at radius 3 is 2.59 bits per heavy atom. The smallest absolute Gasteiger partial charge is 0.244 e. The van der Waals surface area contributed by atoms with Crippen LogP contribution in [0.15, 0.2) is 41.6 Å². The molecule has 1 aliphatic carbocycles. The highest BCUT2D eigenvalue weighted by Gasteiger charge is 2.32. The van der Waals surface area contributed by atoms with Gasteiger partial charge in [0, 0.05) is 36.3 Å². The van der Waals surface area contributed by atoms with Gasteiger partial charge in [-0.2, -0.15) is 4.98 Å². The van der Waals surface area contributed by atoms with Crippen molar-refractivity contribution in [1.29, 1.82) is 0 Å². The number of aromatic nitrogens is 5. The van der Waals surface area contributed by atoms with E-state index in [9.17, 15) is 0 Å². The van der Waals surface area contributed by atoms with Gasteiger partial charge in [0.15, 0.2) is 0 Å². The number of pyridine rings is 1. The number of rotatable bonds is 5. The van der Waals surface area contributed by atoms with Crippen LogP contribution in [0.5, 0.6) is 0 Å². The molecule has 2 fully saturated rings. The minimum absolute atomic E-state index is 0.256. The van der Waals surface area contributed by atoms with Crippen LogP contribution in [0.3, 0.4) is 0 Å². The summed E-state index contributed by atoms with van der Waals surface area (Å²) >= 11 is 0. The normalized spacial score (nSPS) is 20.9. The highest BCUT2D eigenvalue weighted by atomic mass is 16.5. The molecule has 1 saturated carbocycles. The van der Waals surface area contributed by atoms with Crippen LogP contribution in [-0.2, 0) is 0 Å². The second-order valence-corrected chi connectivity index (χ2v) is 8.17. The summed E-state index contributed by atoms with van der Waals surface area (Å²) in [4.78, 5) is 19.9. The van der Waals surface area contributed by atoms with E-state index in [1.54, 1.807) is 18.6 Å². The summed E-state index contributed by atoms with van der Waals surface area (Å²) in [5.74, 6) is 2.17. The lowest BCUT2D eigenvalue weighted by atomic mass is 9.89. The fourth-order valence-electron chi connectivity index (χ4n) is 4.64. The molecule has 29 heavy (non-hydrogen) atoms. The molecule has 0 aromatic carbocycles. The Kier molecular flexibility index (Phi) is 5.30. The standard InChI is InChI=1S/C22H26N6O/c1-2-5-16(6-3-1)14-28-10-4-7-20(28)22-26-21(27-29-22)17-8-9-19(25-13-17)18-11-23-15-24-12-18/h8-9,11-13,15-16,20H,1-7,10,14H2. The topological polar surface area (TPSA) is 80.8 Å². The summed E-state index contributed by atoms with van der Waals surface area (Å²) in [5.41, 5.74) is 2.57. The van der Waals surface area contributed by atoms with Crippen molar-refractivity contribution in [3.8, 4) is 22.6 Å². The number of likely N-dealkylation sites (tertiary alicyclic amines) is 1. The molecule has 1 aliphatic heterocycles.